The van der Waals surface area contributed by atoms with Crippen molar-refractivity contribution in [3.8, 4) is 0 Å². The minimum absolute atomic E-state index is 0.167. The molecule has 0 radical (unpaired) electrons. The molecule has 3 rings (SSSR count). The van der Waals surface area contributed by atoms with E-state index in [0.29, 0.717) is 22.1 Å². The average Bonchev–Trinajstić information content (AvgIpc) is 3.09. The summed E-state index contributed by atoms with van der Waals surface area (Å²) in [6.07, 6.45) is 1.34. The normalized spacial score (nSPS) is 12.3. The molecule has 2 amide bonds. The van der Waals surface area contributed by atoms with Gasteiger partial charge in [0.25, 0.3) is 0 Å². The van der Waals surface area contributed by atoms with Gasteiger partial charge < -0.3 is 24.6 Å². The molecule has 0 spiro atoms. The first-order chi connectivity index (χ1) is 15.0. The van der Waals surface area contributed by atoms with Gasteiger partial charge in [0.1, 0.15) is 17.2 Å². The van der Waals surface area contributed by atoms with E-state index in [1.54, 1.807) is 33.1 Å². The number of benzene rings is 1. The standard InChI is InChI=1S/C23H26N2O7/c1-10(2)20(22(28)29)25-17(27)8-24-16(26)7-14-13(5)19-15(32-23(14)30)6-11(3)18-12(4)9-31-21(18)19/h6,9-10,20H,7-8H2,1-5H3,(H,24,26)(H,25,27)(H,28,29)/t20-/m0/s1. The van der Waals surface area contributed by atoms with E-state index >= 15 is 0 Å². The molecule has 1 atom stereocenters. The molecule has 170 valence electrons. The van der Waals surface area contributed by atoms with Crippen molar-refractivity contribution in [2.75, 3.05) is 6.54 Å². The van der Waals surface area contributed by atoms with E-state index in [9.17, 15) is 19.2 Å². The van der Waals surface area contributed by atoms with Gasteiger partial charge in [-0.3, -0.25) is 9.59 Å². The van der Waals surface area contributed by atoms with E-state index in [1.807, 2.05) is 13.8 Å². The van der Waals surface area contributed by atoms with Gasteiger partial charge in [0, 0.05) is 5.39 Å². The van der Waals surface area contributed by atoms with Crippen molar-refractivity contribution < 1.29 is 28.3 Å². The molecule has 0 fully saturated rings. The van der Waals surface area contributed by atoms with E-state index in [4.69, 9.17) is 13.9 Å². The smallest absolute Gasteiger partial charge is 0.340 e. The number of rotatable bonds is 7. The monoisotopic (exact) mass is 442 g/mol. The number of carbonyl (C=O) groups is 3. The van der Waals surface area contributed by atoms with E-state index < -0.39 is 36.0 Å². The van der Waals surface area contributed by atoms with Crippen LogP contribution in [0.2, 0.25) is 0 Å². The fourth-order valence-electron chi connectivity index (χ4n) is 3.82. The Labute approximate surface area is 183 Å². The molecule has 3 N–H and O–H groups in total. The van der Waals surface area contributed by atoms with Crippen LogP contribution in [0.5, 0.6) is 0 Å². The Hall–Kier alpha value is -3.62. The van der Waals surface area contributed by atoms with Gasteiger partial charge in [-0.25, -0.2) is 9.59 Å². The highest BCUT2D eigenvalue weighted by molar-refractivity contribution is 6.07. The van der Waals surface area contributed by atoms with Crippen molar-refractivity contribution in [2.24, 2.45) is 5.92 Å². The maximum atomic E-state index is 12.6. The Balaban J connectivity index is 1.81. The summed E-state index contributed by atoms with van der Waals surface area (Å²) < 4.78 is 11.2. The molecule has 0 bridgehead atoms. The lowest BCUT2D eigenvalue weighted by Gasteiger charge is -2.18. The van der Waals surface area contributed by atoms with Gasteiger partial charge >= 0.3 is 11.6 Å². The number of nitrogens with one attached hydrogen (secondary N) is 2. The summed E-state index contributed by atoms with van der Waals surface area (Å²) in [5.74, 6) is -2.67. The minimum atomic E-state index is -1.15. The lowest BCUT2D eigenvalue weighted by molar-refractivity contribution is -0.143. The highest BCUT2D eigenvalue weighted by Crippen LogP contribution is 2.34. The first-order valence-corrected chi connectivity index (χ1v) is 10.2. The number of furan rings is 1. The van der Waals surface area contributed by atoms with Gasteiger partial charge in [0.2, 0.25) is 11.8 Å². The number of hydrogen-bond acceptors (Lipinski definition) is 6. The lowest BCUT2D eigenvalue weighted by atomic mass is 9.99. The Morgan fingerprint density at radius 3 is 2.38 bits per heavy atom. The number of aryl methyl sites for hydroxylation is 3. The van der Waals surface area contributed by atoms with Crippen molar-refractivity contribution >= 4 is 39.7 Å². The molecule has 0 unspecified atom stereocenters. The van der Waals surface area contributed by atoms with Crippen molar-refractivity contribution in [3.63, 3.8) is 0 Å². The van der Waals surface area contributed by atoms with Crippen LogP contribution in [-0.2, 0) is 20.8 Å². The molecule has 0 saturated heterocycles. The number of carbonyl (C=O) groups excluding carboxylic acids is 2. The summed E-state index contributed by atoms with van der Waals surface area (Å²) in [4.78, 5) is 48.2. The van der Waals surface area contributed by atoms with Gasteiger partial charge in [-0.05, 0) is 49.4 Å². The Morgan fingerprint density at radius 2 is 1.75 bits per heavy atom. The predicted molar refractivity (Wildman–Crippen MR) is 118 cm³/mol. The molecular weight excluding hydrogens is 416 g/mol. The van der Waals surface area contributed by atoms with Gasteiger partial charge in [-0.2, -0.15) is 0 Å². The van der Waals surface area contributed by atoms with Gasteiger partial charge in [-0.1, -0.05) is 13.8 Å². The number of aliphatic carboxylic acids is 1. The maximum Gasteiger partial charge on any atom is 0.340 e. The van der Waals surface area contributed by atoms with Crippen LogP contribution in [0.1, 0.15) is 36.1 Å². The molecular formula is C23H26N2O7. The molecule has 2 aromatic heterocycles. The third-order valence-electron chi connectivity index (χ3n) is 5.50. The average molecular weight is 442 g/mol. The number of amides is 2. The van der Waals surface area contributed by atoms with Gasteiger partial charge in [0.15, 0.2) is 0 Å². The molecule has 9 nitrogen and oxygen atoms in total. The number of carboxylic acid groups (broad SMARTS) is 1. The van der Waals surface area contributed by atoms with Crippen LogP contribution in [0.25, 0.3) is 21.9 Å². The van der Waals surface area contributed by atoms with Gasteiger partial charge in [0.05, 0.1) is 30.2 Å². The van der Waals surface area contributed by atoms with Crippen molar-refractivity contribution in [3.05, 3.63) is 45.0 Å². The summed E-state index contributed by atoms with van der Waals surface area (Å²) in [5, 5.41) is 15.5. The first-order valence-electron chi connectivity index (χ1n) is 10.2. The third-order valence-corrected chi connectivity index (χ3v) is 5.50. The summed E-state index contributed by atoms with van der Waals surface area (Å²) in [6, 6.07) is 0.716. The second kappa shape index (κ2) is 8.86. The Bertz CT molecular complexity index is 1280. The molecule has 0 aliphatic heterocycles. The van der Waals surface area contributed by atoms with Crippen LogP contribution in [-0.4, -0.2) is 35.5 Å². The largest absolute Gasteiger partial charge is 0.480 e. The zero-order chi connectivity index (χ0) is 23.7. The van der Waals surface area contributed by atoms with Gasteiger partial charge in [-0.15, -0.1) is 0 Å². The SMILES string of the molecule is Cc1coc2c1c(C)cc1oc(=O)c(CC(=O)NCC(=O)N[C@H](C(=O)O)C(C)C)c(C)c12. The second-order valence-electron chi connectivity index (χ2n) is 8.26. The van der Waals surface area contributed by atoms with Crippen molar-refractivity contribution in [2.45, 2.75) is 47.1 Å². The summed E-state index contributed by atoms with van der Waals surface area (Å²) in [6.45, 7) is 8.47. The first kappa shape index (κ1) is 23.1. The summed E-state index contributed by atoms with van der Waals surface area (Å²) in [7, 11) is 0. The molecule has 3 aromatic rings. The molecule has 0 saturated carbocycles. The third kappa shape index (κ3) is 4.37. The molecule has 9 heteroatoms. The lowest BCUT2D eigenvalue weighted by Crippen LogP contribution is -2.48. The second-order valence-corrected chi connectivity index (χ2v) is 8.26. The fourth-order valence-corrected chi connectivity index (χ4v) is 3.82. The Kier molecular flexibility index (Phi) is 6.38. The van der Waals surface area contributed by atoms with Crippen LogP contribution < -0.4 is 16.3 Å². The topological polar surface area (TPSA) is 139 Å². The highest BCUT2D eigenvalue weighted by atomic mass is 16.4. The van der Waals surface area contributed by atoms with E-state index in [1.165, 1.54) is 0 Å². The van der Waals surface area contributed by atoms with Crippen molar-refractivity contribution in [1.29, 1.82) is 0 Å². The zero-order valence-corrected chi connectivity index (χ0v) is 18.6. The molecule has 32 heavy (non-hydrogen) atoms. The predicted octanol–water partition coefficient (Wildman–Crippen LogP) is 2.35. The van der Waals surface area contributed by atoms with Crippen LogP contribution in [0.3, 0.4) is 0 Å². The molecule has 2 heterocycles. The molecule has 1 aromatic carbocycles. The molecule has 0 aliphatic carbocycles. The van der Waals surface area contributed by atoms with E-state index in [0.717, 1.165) is 16.5 Å². The van der Waals surface area contributed by atoms with Crippen LogP contribution in [0.15, 0.2) is 26.0 Å². The Morgan fingerprint density at radius 1 is 1.06 bits per heavy atom. The highest BCUT2D eigenvalue weighted by Gasteiger charge is 2.24. The summed E-state index contributed by atoms with van der Waals surface area (Å²) >= 11 is 0. The van der Waals surface area contributed by atoms with E-state index in [2.05, 4.69) is 10.6 Å². The number of carboxylic acids is 1. The molecule has 0 aliphatic rings. The van der Waals surface area contributed by atoms with Crippen LogP contribution in [0.4, 0.5) is 0 Å². The number of fused-ring (bicyclic) bond motifs is 3. The summed E-state index contributed by atoms with van der Waals surface area (Å²) in [5.41, 5.74) is 2.94. The van der Waals surface area contributed by atoms with Crippen LogP contribution in [0, 0.1) is 26.7 Å². The van der Waals surface area contributed by atoms with Crippen LogP contribution >= 0.6 is 0 Å². The number of hydrogen-bond donors (Lipinski definition) is 3. The van der Waals surface area contributed by atoms with Crippen molar-refractivity contribution in [1.82, 2.24) is 10.6 Å². The zero-order valence-electron chi connectivity index (χ0n) is 18.6. The maximum absolute atomic E-state index is 12.6. The van der Waals surface area contributed by atoms with E-state index in [-0.39, 0.29) is 17.9 Å². The minimum Gasteiger partial charge on any atom is -0.480 e. The fraction of sp³-hybridized carbons (Fsp3) is 0.391. The quantitative estimate of drug-likeness (QED) is 0.477.